The van der Waals surface area contributed by atoms with E-state index in [4.69, 9.17) is 32.7 Å². The van der Waals surface area contributed by atoms with Gasteiger partial charge in [0, 0.05) is 22.7 Å². The fraction of sp³-hybridized carbons (Fsp3) is 0.296. The second kappa shape index (κ2) is 9.85. The molecule has 3 aromatic carbocycles. The Morgan fingerprint density at radius 2 is 1.86 bits per heavy atom. The van der Waals surface area contributed by atoms with Crippen molar-refractivity contribution in [1.82, 2.24) is 4.90 Å². The average Bonchev–Trinajstić information content (AvgIpc) is 3.35. The van der Waals surface area contributed by atoms with Gasteiger partial charge in [-0.1, -0.05) is 53.5 Å². The lowest BCUT2D eigenvalue weighted by molar-refractivity contribution is -0.534. The third-order valence-corrected chi connectivity index (χ3v) is 7.85. The summed E-state index contributed by atoms with van der Waals surface area (Å²) < 4.78 is 11.9. The summed E-state index contributed by atoms with van der Waals surface area (Å²) in [4.78, 5) is 27.3. The minimum atomic E-state index is -1.40. The van der Waals surface area contributed by atoms with Gasteiger partial charge in [-0.15, -0.1) is 0 Å². The lowest BCUT2D eigenvalue weighted by Crippen LogP contribution is -2.54. The number of halogens is 2. The van der Waals surface area contributed by atoms with Crippen LogP contribution in [-0.4, -0.2) is 42.0 Å². The smallest absolute Gasteiger partial charge is 0.256 e. The number of ether oxygens (including phenoxy) is 2. The predicted molar refractivity (Wildman–Crippen MR) is 141 cm³/mol. The van der Waals surface area contributed by atoms with Crippen molar-refractivity contribution in [2.24, 2.45) is 0 Å². The highest BCUT2D eigenvalue weighted by molar-refractivity contribution is 6.42. The predicted octanol–water partition coefficient (Wildman–Crippen LogP) is 5.49. The number of benzene rings is 3. The number of fused-ring (bicyclic) bond motifs is 2. The zero-order valence-corrected chi connectivity index (χ0v) is 21.8. The summed E-state index contributed by atoms with van der Waals surface area (Å²) in [6.07, 6.45) is 0. The molecular weight excluding hydrogens is 517 g/mol. The standard InChI is InChI=1S/C27H25Cl2N3O5/c1-3-36-24-13-17(9-11-23(24)37-15-16-8-10-20(28)21(29)12-16)18-14-31(2)27(25(18)32(34)35)19-6-4-5-7-22(19)30-26(27)33/h4-13,18,25H,3,14-15H2,1-2H3,(H,30,33)/t18-,25+,27-/m0/s1. The first-order chi connectivity index (χ1) is 17.8. The lowest BCUT2D eigenvalue weighted by atomic mass is 9.79. The summed E-state index contributed by atoms with van der Waals surface area (Å²) in [7, 11) is 1.76. The van der Waals surface area contributed by atoms with Gasteiger partial charge in [0.2, 0.25) is 0 Å². The molecule has 3 aromatic rings. The van der Waals surface area contributed by atoms with Gasteiger partial charge in [0.25, 0.3) is 11.9 Å². The Kier molecular flexibility index (Phi) is 6.74. The molecule has 2 heterocycles. The van der Waals surface area contributed by atoms with Crippen LogP contribution in [0.3, 0.4) is 0 Å². The van der Waals surface area contributed by atoms with Crippen LogP contribution in [0.25, 0.3) is 0 Å². The van der Waals surface area contributed by atoms with E-state index < -0.39 is 17.5 Å². The van der Waals surface area contributed by atoms with Crippen LogP contribution < -0.4 is 14.8 Å². The van der Waals surface area contributed by atoms with E-state index in [1.165, 1.54) is 0 Å². The van der Waals surface area contributed by atoms with E-state index in [-0.39, 0.29) is 17.4 Å². The topological polar surface area (TPSA) is 93.9 Å². The number of rotatable bonds is 7. The van der Waals surface area contributed by atoms with Gasteiger partial charge in [-0.3, -0.25) is 19.8 Å². The van der Waals surface area contributed by atoms with E-state index in [1.807, 2.05) is 13.0 Å². The molecule has 10 heteroatoms. The minimum Gasteiger partial charge on any atom is -0.490 e. The number of amides is 1. The van der Waals surface area contributed by atoms with Crippen molar-refractivity contribution in [1.29, 1.82) is 0 Å². The van der Waals surface area contributed by atoms with Gasteiger partial charge in [0.05, 0.1) is 22.6 Å². The minimum absolute atomic E-state index is 0.236. The van der Waals surface area contributed by atoms with Crippen LogP contribution in [0.15, 0.2) is 60.7 Å². The number of likely N-dealkylation sites (N-methyl/N-ethyl adjacent to an activating group) is 1. The van der Waals surface area contributed by atoms with Crippen LogP contribution in [0.2, 0.25) is 10.0 Å². The summed E-state index contributed by atoms with van der Waals surface area (Å²) in [6.45, 7) is 2.80. The van der Waals surface area contributed by atoms with Crippen LogP contribution in [0.5, 0.6) is 11.5 Å². The Balaban J connectivity index is 1.49. The first kappa shape index (κ1) is 25.3. The molecule has 1 amide bonds. The fourth-order valence-corrected chi connectivity index (χ4v) is 5.83. The molecule has 0 aromatic heterocycles. The molecule has 37 heavy (non-hydrogen) atoms. The van der Waals surface area contributed by atoms with E-state index in [0.717, 1.165) is 5.56 Å². The van der Waals surface area contributed by atoms with Crippen LogP contribution in [0.4, 0.5) is 5.69 Å². The second-order valence-corrected chi connectivity index (χ2v) is 9.97. The van der Waals surface area contributed by atoms with Crippen molar-refractivity contribution in [2.45, 2.75) is 31.0 Å². The highest BCUT2D eigenvalue weighted by Crippen LogP contribution is 2.52. The normalized spacial score (nSPS) is 22.6. The SMILES string of the molecule is CCOc1cc([C@@H]2CN(C)[C@]3(C(=O)Nc4ccccc43)[C@@H]2[N+](=O)[O-])ccc1OCc1ccc(Cl)c(Cl)c1. The largest absolute Gasteiger partial charge is 0.490 e. The monoisotopic (exact) mass is 541 g/mol. The zero-order valence-electron chi connectivity index (χ0n) is 20.2. The molecule has 3 atom stereocenters. The van der Waals surface area contributed by atoms with Crippen LogP contribution >= 0.6 is 23.2 Å². The molecule has 8 nitrogen and oxygen atoms in total. The molecular formula is C27H25Cl2N3O5. The van der Waals surface area contributed by atoms with Gasteiger partial charge in [-0.25, -0.2) is 0 Å². The van der Waals surface area contributed by atoms with Gasteiger partial charge >= 0.3 is 0 Å². The third kappa shape index (κ3) is 4.19. The highest BCUT2D eigenvalue weighted by Gasteiger charge is 2.68. The number of carbonyl (C=O) groups excluding carboxylic acids is 1. The van der Waals surface area contributed by atoms with Crippen LogP contribution in [-0.2, 0) is 16.9 Å². The maximum Gasteiger partial charge on any atom is 0.256 e. The molecule has 0 aliphatic carbocycles. The number of nitrogens with one attached hydrogen (secondary N) is 1. The van der Waals surface area contributed by atoms with E-state index in [1.54, 1.807) is 66.5 Å². The molecule has 1 fully saturated rings. The molecule has 192 valence electrons. The summed E-state index contributed by atoms with van der Waals surface area (Å²) in [5.74, 6) is 0.0358. The number of para-hydroxylation sites is 1. The number of hydrogen-bond acceptors (Lipinski definition) is 6. The van der Waals surface area contributed by atoms with Gasteiger partial charge in [0.15, 0.2) is 17.0 Å². The molecule has 2 aliphatic heterocycles. The summed E-state index contributed by atoms with van der Waals surface area (Å²) in [6, 6.07) is 16.6. The number of anilines is 1. The first-order valence-electron chi connectivity index (χ1n) is 11.9. The van der Waals surface area contributed by atoms with E-state index in [0.29, 0.717) is 51.5 Å². The molecule has 5 rings (SSSR count). The zero-order chi connectivity index (χ0) is 26.3. The quantitative estimate of drug-likeness (QED) is 0.314. The number of likely N-dealkylation sites (tertiary alicyclic amines) is 1. The fourth-order valence-electron chi connectivity index (χ4n) is 5.51. The molecule has 0 unspecified atom stereocenters. The molecule has 1 N–H and O–H groups in total. The molecule has 2 aliphatic rings. The van der Waals surface area contributed by atoms with E-state index in [2.05, 4.69) is 5.32 Å². The van der Waals surface area contributed by atoms with Gasteiger partial charge in [0.1, 0.15) is 6.61 Å². The molecule has 1 spiro atoms. The number of nitrogens with zero attached hydrogens (tertiary/aromatic N) is 2. The lowest BCUT2D eigenvalue weighted by Gasteiger charge is -2.30. The Morgan fingerprint density at radius 3 is 2.59 bits per heavy atom. The van der Waals surface area contributed by atoms with Gasteiger partial charge < -0.3 is 14.8 Å². The average molecular weight is 542 g/mol. The Labute approximate surface area is 224 Å². The summed E-state index contributed by atoms with van der Waals surface area (Å²) in [5, 5.41) is 16.3. The van der Waals surface area contributed by atoms with Gasteiger partial charge in [-0.05, 0) is 55.4 Å². The van der Waals surface area contributed by atoms with Crippen molar-refractivity contribution in [3.63, 3.8) is 0 Å². The number of carbonyl (C=O) groups is 1. The summed E-state index contributed by atoms with van der Waals surface area (Å²) in [5.41, 5.74) is 1.36. The Morgan fingerprint density at radius 1 is 1.08 bits per heavy atom. The maximum absolute atomic E-state index is 13.3. The van der Waals surface area contributed by atoms with Crippen LogP contribution in [0, 0.1) is 10.1 Å². The molecule has 1 saturated heterocycles. The van der Waals surface area contributed by atoms with Gasteiger partial charge in [-0.2, -0.15) is 0 Å². The third-order valence-electron chi connectivity index (χ3n) is 7.12. The summed E-state index contributed by atoms with van der Waals surface area (Å²) >= 11 is 12.1. The molecule has 0 radical (unpaired) electrons. The molecule has 0 bridgehead atoms. The van der Waals surface area contributed by atoms with Crippen LogP contribution in [0.1, 0.15) is 29.5 Å². The van der Waals surface area contributed by atoms with Crippen molar-refractivity contribution < 1.29 is 19.2 Å². The number of hydrogen-bond donors (Lipinski definition) is 1. The van der Waals surface area contributed by atoms with Crippen molar-refractivity contribution in [3.05, 3.63) is 97.5 Å². The van der Waals surface area contributed by atoms with Crippen molar-refractivity contribution in [2.75, 3.05) is 25.5 Å². The molecule has 0 saturated carbocycles. The number of nitro groups is 1. The van der Waals surface area contributed by atoms with E-state index in [9.17, 15) is 14.9 Å². The van der Waals surface area contributed by atoms with Crippen molar-refractivity contribution >= 4 is 34.8 Å². The Bertz CT molecular complexity index is 1380. The second-order valence-electron chi connectivity index (χ2n) is 9.16. The van der Waals surface area contributed by atoms with E-state index >= 15 is 0 Å². The van der Waals surface area contributed by atoms with Crippen molar-refractivity contribution in [3.8, 4) is 11.5 Å². The highest BCUT2D eigenvalue weighted by atomic mass is 35.5. The Hall–Kier alpha value is -3.33. The first-order valence-corrected chi connectivity index (χ1v) is 12.6. The maximum atomic E-state index is 13.3.